The van der Waals surface area contributed by atoms with Crippen LogP contribution in [0.2, 0.25) is 0 Å². The van der Waals surface area contributed by atoms with E-state index in [-0.39, 0.29) is 11.7 Å². The number of likely N-dealkylation sites (N-methyl/N-ethyl adjacent to an activating group) is 1. The summed E-state index contributed by atoms with van der Waals surface area (Å²) in [6.45, 7) is 3.44. The highest BCUT2D eigenvalue weighted by molar-refractivity contribution is 6.07. The zero-order chi connectivity index (χ0) is 8.59. The van der Waals surface area contributed by atoms with Gasteiger partial charge in [-0.1, -0.05) is 0 Å². The third-order valence-corrected chi connectivity index (χ3v) is 1.42. The molecule has 11 heavy (non-hydrogen) atoms. The van der Waals surface area contributed by atoms with Gasteiger partial charge in [-0.05, 0) is 19.4 Å². The van der Waals surface area contributed by atoms with Crippen LogP contribution in [0.15, 0.2) is 11.3 Å². The summed E-state index contributed by atoms with van der Waals surface area (Å²) in [4.78, 5) is 22.8. The van der Waals surface area contributed by atoms with Gasteiger partial charge in [0.15, 0.2) is 5.76 Å². The summed E-state index contributed by atoms with van der Waals surface area (Å²) in [5, 5.41) is 0. The van der Waals surface area contributed by atoms with Crippen LogP contribution in [0.5, 0.6) is 0 Å². The first-order valence-corrected chi connectivity index (χ1v) is 3.21. The number of cyclic esters (lactones) is 1. The minimum absolute atomic E-state index is 0.150. The molecule has 0 atom stereocenters. The van der Waals surface area contributed by atoms with Crippen molar-refractivity contribution >= 4 is 12.0 Å². The Hall–Kier alpha value is -1.32. The predicted octanol–water partition coefficient (Wildman–Crippen LogP) is 0.889. The Balaban J connectivity index is 3.02. The van der Waals surface area contributed by atoms with E-state index in [4.69, 9.17) is 0 Å². The summed E-state index contributed by atoms with van der Waals surface area (Å²) < 4.78 is 4.66. The van der Waals surface area contributed by atoms with Crippen LogP contribution in [0, 0.1) is 0 Å². The smallest absolute Gasteiger partial charge is 0.404 e. The maximum Gasteiger partial charge on any atom is 0.422 e. The number of carbonyl (C=O) groups is 2. The van der Waals surface area contributed by atoms with E-state index in [1.54, 1.807) is 13.8 Å². The van der Waals surface area contributed by atoms with Gasteiger partial charge in [-0.3, -0.25) is 4.79 Å². The molecule has 1 aliphatic heterocycles. The Bertz CT molecular complexity index is 250. The van der Waals surface area contributed by atoms with Crippen molar-refractivity contribution in [3.63, 3.8) is 0 Å². The van der Waals surface area contributed by atoms with E-state index in [1.807, 2.05) is 0 Å². The van der Waals surface area contributed by atoms with E-state index < -0.39 is 6.09 Å². The molecule has 4 nitrogen and oxygen atoms in total. The number of imide groups is 1. The first-order chi connectivity index (χ1) is 5.04. The lowest BCUT2D eigenvalue weighted by molar-refractivity contribution is -0.122. The fraction of sp³-hybridized carbons (Fsp3) is 0.429. The average Bonchev–Trinajstić information content (AvgIpc) is 2.17. The number of rotatable bonds is 0. The lowest BCUT2D eigenvalue weighted by Gasteiger charge is -1.96. The fourth-order valence-electron chi connectivity index (χ4n) is 0.751. The second-order valence-corrected chi connectivity index (χ2v) is 2.56. The van der Waals surface area contributed by atoms with Crippen LogP contribution in [0.25, 0.3) is 0 Å². The Kier molecular flexibility index (Phi) is 1.68. The van der Waals surface area contributed by atoms with E-state index >= 15 is 0 Å². The molecule has 1 rings (SSSR count). The molecule has 0 unspecified atom stereocenters. The molecular weight excluding hydrogens is 146 g/mol. The van der Waals surface area contributed by atoms with Crippen LogP contribution in [0.3, 0.4) is 0 Å². The molecular formula is C7H9NO3. The molecule has 4 heteroatoms. The number of allylic oxidation sites excluding steroid dienone is 1. The minimum Gasteiger partial charge on any atom is -0.404 e. The van der Waals surface area contributed by atoms with Gasteiger partial charge in [-0.25, -0.2) is 9.69 Å². The van der Waals surface area contributed by atoms with Gasteiger partial charge in [0.2, 0.25) is 0 Å². The van der Waals surface area contributed by atoms with E-state index in [2.05, 4.69) is 4.74 Å². The molecule has 0 aromatic heterocycles. The lowest BCUT2D eigenvalue weighted by Crippen LogP contribution is -2.23. The maximum atomic E-state index is 11.1. The number of ether oxygens (including phenoxy) is 1. The summed E-state index contributed by atoms with van der Waals surface area (Å²) in [6.07, 6.45) is -0.605. The first-order valence-electron chi connectivity index (χ1n) is 3.21. The summed E-state index contributed by atoms with van der Waals surface area (Å²) in [6, 6.07) is 0. The van der Waals surface area contributed by atoms with E-state index in [1.165, 1.54) is 7.05 Å². The van der Waals surface area contributed by atoms with Gasteiger partial charge < -0.3 is 4.74 Å². The second kappa shape index (κ2) is 2.38. The molecule has 0 radical (unpaired) electrons. The zero-order valence-corrected chi connectivity index (χ0v) is 6.67. The van der Waals surface area contributed by atoms with Gasteiger partial charge in [0, 0.05) is 7.05 Å². The summed E-state index contributed by atoms with van der Waals surface area (Å²) in [7, 11) is 1.39. The first kappa shape index (κ1) is 7.78. The number of hydrogen-bond acceptors (Lipinski definition) is 3. The third-order valence-electron chi connectivity index (χ3n) is 1.42. The van der Waals surface area contributed by atoms with Crippen LogP contribution in [0.1, 0.15) is 13.8 Å². The molecule has 0 N–H and O–H groups in total. The van der Waals surface area contributed by atoms with Crippen LogP contribution >= 0.6 is 0 Å². The molecule has 1 saturated heterocycles. The molecule has 1 aliphatic rings. The fourth-order valence-corrected chi connectivity index (χ4v) is 0.751. The van der Waals surface area contributed by atoms with Crippen molar-refractivity contribution in [1.82, 2.24) is 4.90 Å². The highest BCUT2D eigenvalue weighted by Crippen LogP contribution is 2.17. The number of amides is 2. The van der Waals surface area contributed by atoms with E-state index in [9.17, 15) is 9.59 Å². The van der Waals surface area contributed by atoms with Crippen LogP contribution < -0.4 is 0 Å². The van der Waals surface area contributed by atoms with E-state index in [0.717, 1.165) is 4.90 Å². The van der Waals surface area contributed by atoms with Crippen LogP contribution in [-0.2, 0) is 9.53 Å². The number of nitrogens with zero attached hydrogens (tertiary/aromatic N) is 1. The van der Waals surface area contributed by atoms with Gasteiger partial charge in [0.25, 0.3) is 5.91 Å². The molecule has 60 valence electrons. The monoisotopic (exact) mass is 155 g/mol. The second-order valence-electron chi connectivity index (χ2n) is 2.56. The Labute approximate surface area is 64.4 Å². The molecule has 0 bridgehead atoms. The van der Waals surface area contributed by atoms with Crippen molar-refractivity contribution < 1.29 is 14.3 Å². The van der Waals surface area contributed by atoms with Crippen molar-refractivity contribution in [3.8, 4) is 0 Å². The lowest BCUT2D eigenvalue weighted by atomic mass is 10.3. The molecule has 2 amide bonds. The third kappa shape index (κ3) is 1.11. The van der Waals surface area contributed by atoms with Crippen molar-refractivity contribution in [2.75, 3.05) is 7.05 Å². The molecule has 1 fully saturated rings. The molecule has 0 aromatic rings. The van der Waals surface area contributed by atoms with Gasteiger partial charge in [-0.15, -0.1) is 0 Å². The summed E-state index contributed by atoms with van der Waals surface area (Å²) in [5.74, 6) is -0.215. The van der Waals surface area contributed by atoms with Crippen molar-refractivity contribution in [2.24, 2.45) is 0 Å². The summed E-state index contributed by atoms with van der Waals surface area (Å²) in [5.41, 5.74) is 0.715. The molecule has 0 spiro atoms. The molecule has 0 aliphatic carbocycles. The van der Waals surface area contributed by atoms with Crippen molar-refractivity contribution in [1.29, 1.82) is 0 Å². The van der Waals surface area contributed by atoms with Gasteiger partial charge >= 0.3 is 6.09 Å². The Morgan fingerprint density at radius 3 is 2.09 bits per heavy atom. The number of hydrogen-bond donors (Lipinski definition) is 0. The standard InChI is InChI=1S/C7H9NO3/c1-4(2)5-6(9)8(3)7(10)11-5/h1-3H3. The highest BCUT2D eigenvalue weighted by Gasteiger charge is 2.33. The molecule has 0 aromatic carbocycles. The van der Waals surface area contributed by atoms with Crippen LogP contribution in [-0.4, -0.2) is 23.9 Å². The van der Waals surface area contributed by atoms with Crippen LogP contribution in [0.4, 0.5) is 4.79 Å². The summed E-state index contributed by atoms with van der Waals surface area (Å²) >= 11 is 0. The van der Waals surface area contributed by atoms with Gasteiger partial charge in [0.1, 0.15) is 0 Å². The Morgan fingerprint density at radius 1 is 1.36 bits per heavy atom. The normalized spacial score (nSPS) is 17.4. The maximum absolute atomic E-state index is 11.1. The largest absolute Gasteiger partial charge is 0.422 e. The average molecular weight is 155 g/mol. The quantitative estimate of drug-likeness (QED) is 0.488. The highest BCUT2D eigenvalue weighted by atomic mass is 16.6. The SMILES string of the molecule is CC(C)=C1OC(=O)N(C)C1=O. The zero-order valence-electron chi connectivity index (χ0n) is 6.67. The van der Waals surface area contributed by atoms with Gasteiger partial charge in [-0.2, -0.15) is 0 Å². The van der Waals surface area contributed by atoms with Crippen molar-refractivity contribution in [2.45, 2.75) is 13.8 Å². The topological polar surface area (TPSA) is 46.6 Å². The Morgan fingerprint density at radius 2 is 1.91 bits per heavy atom. The molecule has 1 heterocycles. The predicted molar refractivity (Wildman–Crippen MR) is 37.6 cm³/mol. The van der Waals surface area contributed by atoms with Crippen molar-refractivity contribution in [3.05, 3.63) is 11.3 Å². The number of carbonyl (C=O) groups excluding carboxylic acids is 2. The minimum atomic E-state index is -0.605. The van der Waals surface area contributed by atoms with E-state index in [0.29, 0.717) is 5.57 Å². The molecule has 0 saturated carbocycles. The van der Waals surface area contributed by atoms with Gasteiger partial charge in [0.05, 0.1) is 0 Å².